The van der Waals surface area contributed by atoms with Gasteiger partial charge in [0.2, 0.25) is 5.91 Å². The zero-order valence-corrected chi connectivity index (χ0v) is 21.4. The monoisotopic (exact) mass is 504 g/mol. The highest BCUT2D eigenvalue weighted by molar-refractivity contribution is 8.00. The zero-order valence-electron chi connectivity index (χ0n) is 20.5. The molecule has 4 rings (SSSR count). The number of para-hydroxylation sites is 1. The zero-order chi connectivity index (χ0) is 25.5. The Kier molecular flexibility index (Phi) is 8.12. The molecular formula is C27H28N4O4S. The number of aromatic nitrogens is 3. The second kappa shape index (κ2) is 11.6. The summed E-state index contributed by atoms with van der Waals surface area (Å²) in [5.41, 5.74) is 1.58. The highest BCUT2D eigenvalue weighted by Crippen LogP contribution is 2.31. The molecule has 0 bridgehead atoms. The van der Waals surface area contributed by atoms with Gasteiger partial charge in [-0.15, -0.1) is 10.2 Å². The van der Waals surface area contributed by atoms with Gasteiger partial charge < -0.3 is 19.5 Å². The summed E-state index contributed by atoms with van der Waals surface area (Å²) in [6.07, 6.45) is -0.399. The maximum atomic E-state index is 12.9. The summed E-state index contributed by atoms with van der Waals surface area (Å²) < 4.78 is 18.5. The Hall–Kier alpha value is -3.98. The Morgan fingerprint density at radius 2 is 1.42 bits per heavy atom. The first-order valence-corrected chi connectivity index (χ1v) is 12.3. The van der Waals surface area contributed by atoms with Gasteiger partial charge in [-0.1, -0.05) is 30.0 Å². The normalized spacial score (nSPS) is 12.4. The quantitative estimate of drug-likeness (QED) is 0.284. The lowest BCUT2D eigenvalue weighted by Gasteiger charge is -2.18. The number of methoxy groups -OCH3 is 2. The molecule has 0 spiro atoms. The smallest absolute Gasteiger partial charge is 0.237 e. The van der Waals surface area contributed by atoms with Crippen molar-refractivity contribution < 1.29 is 19.0 Å². The summed E-state index contributed by atoms with van der Waals surface area (Å²) in [7, 11) is 3.23. The lowest BCUT2D eigenvalue weighted by atomic mass is 10.3. The molecule has 3 aromatic carbocycles. The number of nitrogens with zero attached hydrogens (tertiary/aromatic N) is 3. The summed E-state index contributed by atoms with van der Waals surface area (Å²) in [5.74, 6) is 2.65. The van der Waals surface area contributed by atoms with Crippen molar-refractivity contribution in [1.82, 2.24) is 14.8 Å². The molecule has 0 radical (unpaired) electrons. The molecule has 1 aromatic heterocycles. The molecule has 0 aliphatic carbocycles. The summed E-state index contributed by atoms with van der Waals surface area (Å²) in [6, 6.07) is 24.4. The van der Waals surface area contributed by atoms with Crippen LogP contribution in [-0.4, -0.2) is 40.1 Å². The van der Waals surface area contributed by atoms with Crippen LogP contribution in [0, 0.1) is 0 Å². The summed E-state index contributed by atoms with van der Waals surface area (Å²) in [5, 5.41) is 12.0. The van der Waals surface area contributed by atoms with Crippen molar-refractivity contribution in [3.63, 3.8) is 0 Å². The van der Waals surface area contributed by atoms with Gasteiger partial charge in [0.1, 0.15) is 17.2 Å². The predicted molar refractivity (Wildman–Crippen MR) is 140 cm³/mol. The van der Waals surface area contributed by atoms with Crippen LogP contribution in [0.15, 0.2) is 84.0 Å². The minimum absolute atomic E-state index is 0.142. The molecule has 36 heavy (non-hydrogen) atoms. The number of ether oxygens (including phenoxy) is 3. The molecular weight excluding hydrogens is 476 g/mol. The lowest BCUT2D eigenvalue weighted by molar-refractivity contribution is -0.115. The molecule has 2 unspecified atom stereocenters. The van der Waals surface area contributed by atoms with Gasteiger partial charge in [0, 0.05) is 11.4 Å². The largest absolute Gasteiger partial charge is 0.497 e. The minimum Gasteiger partial charge on any atom is -0.497 e. The fourth-order valence-electron chi connectivity index (χ4n) is 3.48. The molecule has 8 nitrogen and oxygen atoms in total. The van der Waals surface area contributed by atoms with Crippen LogP contribution in [0.25, 0.3) is 5.69 Å². The van der Waals surface area contributed by atoms with Gasteiger partial charge in [-0.25, -0.2) is 0 Å². The molecule has 0 saturated carbocycles. The first kappa shape index (κ1) is 25.1. The second-order valence-corrected chi connectivity index (χ2v) is 9.23. The van der Waals surface area contributed by atoms with Gasteiger partial charge in [0.25, 0.3) is 0 Å². The molecule has 1 heterocycles. The average Bonchev–Trinajstić information content (AvgIpc) is 3.33. The van der Waals surface area contributed by atoms with E-state index in [-0.39, 0.29) is 5.91 Å². The van der Waals surface area contributed by atoms with Crippen LogP contribution in [-0.2, 0) is 4.79 Å². The third kappa shape index (κ3) is 5.98. The van der Waals surface area contributed by atoms with E-state index in [2.05, 4.69) is 15.5 Å². The van der Waals surface area contributed by atoms with Gasteiger partial charge in [0.15, 0.2) is 17.1 Å². The predicted octanol–water partition coefficient (Wildman–Crippen LogP) is 5.54. The number of thioether (sulfide) groups is 1. The number of nitrogens with one attached hydrogen (secondary N) is 1. The third-order valence-electron chi connectivity index (χ3n) is 5.42. The van der Waals surface area contributed by atoms with E-state index < -0.39 is 11.4 Å². The number of hydrogen-bond acceptors (Lipinski definition) is 7. The van der Waals surface area contributed by atoms with Crippen molar-refractivity contribution in [3.8, 4) is 22.9 Å². The molecule has 1 N–H and O–H groups in total. The Labute approximate surface area is 214 Å². The average molecular weight is 505 g/mol. The van der Waals surface area contributed by atoms with Crippen LogP contribution in [0.4, 0.5) is 5.69 Å². The molecule has 0 saturated heterocycles. The van der Waals surface area contributed by atoms with E-state index in [0.717, 1.165) is 17.2 Å². The Bertz CT molecular complexity index is 1280. The van der Waals surface area contributed by atoms with Crippen LogP contribution >= 0.6 is 11.8 Å². The van der Waals surface area contributed by atoms with Gasteiger partial charge >= 0.3 is 0 Å². The van der Waals surface area contributed by atoms with Crippen LogP contribution in [0.2, 0.25) is 0 Å². The first-order valence-electron chi connectivity index (χ1n) is 11.4. The highest BCUT2D eigenvalue weighted by Gasteiger charge is 2.24. The van der Waals surface area contributed by atoms with Crippen molar-refractivity contribution >= 4 is 23.4 Å². The van der Waals surface area contributed by atoms with Crippen molar-refractivity contribution in [2.45, 2.75) is 30.4 Å². The first-order chi connectivity index (χ1) is 17.5. The van der Waals surface area contributed by atoms with Crippen molar-refractivity contribution in [3.05, 3.63) is 84.7 Å². The molecule has 4 aromatic rings. The number of carbonyl (C=O) groups is 1. The second-order valence-electron chi connectivity index (χ2n) is 7.93. The van der Waals surface area contributed by atoms with E-state index in [1.54, 1.807) is 38.5 Å². The Balaban J connectivity index is 1.54. The molecule has 0 aliphatic heterocycles. The van der Waals surface area contributed by atoms with Gasteiger partial charge in [-0.05, 0) is 74.5 Å². The molecule has 1 amide bonds. The lowest BCUT2D eigenvalue weighted by Crippen LogP contribution is -2.23. The van der Waals surface area contributed by atoms with Crippen molar-refractivity contribution in [1.29, 1.82) is 0 Å². The van der Waals surface area contributed by atoms with Crippen LogP contribution in [0.5, 0.6) is 17.2 Å². The summed E-state index contributed by atoms with van der Waals surface area (Å²) >= 11 is 1.33. The van der Waals surface area contributed by atoms with E-state index in [0.29, 0.717) is 22.4 Å². The van der Waals surface area contributed by atoms with Gasteiger partial charge in [0.05, 0.1) is 19.5 Å². The molecule has 0 fully saturated rings. The minimum atomic E-state index is -0.426. The van der Waals surface area contributed by atoms with Crippen LogP contribution < -0.4 is 19.5 Å². The van der Waals surface area contributed by atoms with E-state index in [4.69, 9.17) is 14.2 Å². The summed E-state index contributed by atoms with van der Waals surface area (Å²) in [6.45, 7) is 3.76. The molecule has 2 atom stereocenters. The van der Waals surface area contributed by atoms with Gasteiger partial charge in [-0.3, -0.25) is 9.36 Å². The molecule has 0 aliphatic rings. The van der Waals surface area contributed by atoms with E-state index >= 15 is 0 Å². The Morgan fingerprint density at radius 1 is 0.833 bits per heavy atom. The van der Waals surface area contributed by atoms with E-state index in [1.807, 2.05) is 73.0 Å². The number of rotatable bonds is 10. The fourth-order valence-corrected chi connectivity index (χ4v) is 4.36. The van der Waals surface area contributed by atoms with E-state index in [9.17, 15) is 4.79 Å². The van der Waals surface area contributed by atoms with Gasteiger partial charge in [-0.2, -0.15) is 0 Å². The maximum Gasteiger partial charge on any atom is 0.237 e. The van der Waals surface area contributed by atoms with Crippen LogP contribution in [0.3, 0.4) is 0 Å². The van der Waals surface area contributed by atoms with E-state index in [1.165, 1.54) is 11.8 Å². The van der Waals surface area contributed by atoms with Crippen molar-refractivity contribution in [2.24, 2.45) is 0 Å². The standard InChI is InChI=1S/C27H28N4O4S/c1-18(35-24-16-14-23(34-4)15-17-24)25-29-30-27(31(25)21-8-6-5-7-9-21)36-19(2)26(32)28-20-10-12-22(33-3)13-11-20/h5-19H,1-4H3,(H,28,32). The van der Waals surface area contributed by atoms with Crippen molar-refractivity contribution in [2.75, 3.05) is 19.5 Å². The summed E-state index contributed by atoms with van der Waals surface area (Å²) in [4.78, 5) is 12.9. The SMILES string of the molecule is COc1ccc(NC(=O)C(C)Sc2nnc(C(C)Oc3ccc(OC)cc3)n2-c2ccccc2)cc1. The number of carbonyl (C=O) groups excluding carboxylic acids is 1. The van der Waals surface area contributed by atoms with Crippen LogP contribution in [0.1, 0.15) is 25.8 Å². The Morgan fingerprint density at radius 3 is 2.03 bits per heavy atom. The topological polar surface area (TPSA) is 87.5 Å². The number of anilines is 1. The maximum absolute atomic E-state index is 12.9. The number of amides is 1. The number of benzene rings is 3. The highest BCUT2D eigenvalue weighted by atomic mass is 32.2. The number of hydrogen-bond donors (Lipinski definition) is 1. The third-order valence-corrected chi connectivity index (χ3v) is 6.46. The fraction of sp³-hybridized carbons (Fsp3) is 0.222. The molecule has 186 valence electrons. The molecule has 9 heteroatoms.